The SMILES string of the molecule is O=C(N1CCOCC1)N1CCc2c(sc3ncnc(Nc4ccc5[nH]ncc5c4)c23)C1. The van der Waals surface area contributed by atoms with Crippen LogP contribution in [0.2, 0.25) is 0 Å². The van der Waals surface area contributed by atoms with Gasteiger partial charge >= 0.3 is 6.03 Å². The van der Waals surface area contributed by atoms with E-state index in [0.717, 1.165) is 39.0 Å². The molecule has 2 N–H and O–H groups in total. The first-order chi connectivity index (χ1) is 15.3. The number of carbonyl (C=O) groups excluding carboxylic acids is 1. The number of thiophene rings is 1. The van der Waals surface area contributed by atoms with Gasteiger partial charge < -0.3 is 19.9 Å². The fourth-order valence-electron chi connectivity index (χ4n) is 4.30. The zero-order chi connectivity index (χ0) is 20.8. The third-order valence-corrected chi connectivity index (χ3v) is 7.02. The maximum atomic E-state index is 12.9. The van der Waals surface area contributed by atoms with Gasteiger partial charge in [-0.1, -0.05) is 0 Å². The largest absolute Gasteiger partial charge is 0.378 e. The summed E-state index contributed by atoms with van der Waals surface area (Å²) in [5.41, 5.74) is 3.20. The predicted octanol–water partition coefficient (Wildman–Crippen LogP) is 3.12. The summed E-state index contributed by atoms with van der Waals surface area (Å²) in [4.78, 5) is 27.9. The lowest BCUT2D eigenvalue weighted by Gasteiger charge is -2.34. The number of nitrogens with one attached hydrogen (secondary N) is 2. The number of amides is 2. The summed E-state index contributed by atoms with van der Waals surface area (Å²) >= 11 is 1.65. The number of anilines is 2. The zero-order valence-electron chi connectivity index (χ0n) is 16.8. The number of fused-ring (bicyclic) bond motifs is 4. The minimum atomic E-state index is 0.101. The summed E-state index contributed by atoms with van der Waals surface area (Å²) < 4.78 is 5.38. The molecule has 10 heteroatoms. The van der Waals surface area contributed by atoms with Crippen molar-refractivity contribution in [1.82, 2.24) is 30.0 Å². The number of hydrogen-bond donors (Lipinski definition) is 2. The van der Waals surface area contributed by atoms with Gasteiger partial charge in [0.1, 0.15) is 17.0 Å². The molecule has 1 fully saturated rings. The maximum absolute atomic E-state index is 12.9. The lowest BCUT2D eigenvalue weighted by Crippen LogP contribution is -2.49. The van der Waals surface area contributed by atoms with Gasteiger partial charge in [-0.2, -0.15) is 5.10 Å². The number of hydrogen-bond acceptors (Lipinski definition) is 7. The van der Waals surface area contributed by atoms with Crippen molar-refractivity contribution < 1.29 is 9.53 Å². The second kappa shape index (κ2) is 7.47. The first-order valence-electron chi connectivity index (χ1n) is 10.3. The number of nitrogens with zero attached hydrogens (tertiary/aromatic N) is 5. The minimum Gasteiger partial charge on any atom is -0.378 e. The Balaban J connectivity index is 1.30. The Morgan fingerprint density at radius 3 is 2.97 bits per heavy atom. The Morgan fingerprint density at radius 2 is 2.06 bits per heavy atom. The van der Waals surface area contributed by atoms with E-state index in [1.54, 1.807) is 17.7 Å². The molecule has 0 atom stereocenters. The molecule has 0 spiro atoms. The number of aromatic nitrogens is 4. The van der Waals surface area contributed by atoms with Crippen molar-refractivity contribution in [3.8, 4) is 0 Å². The molecular weight excluding hydrogens is 414 g/mol. The Kier molecular flexibility index (Phi) is 4.46. The monoisotopic (exact) mass is 435 g/mol. The number of morpholine rings is 1. The number of urea groups is 1. The van der Waals surface area contributed by atoms with Crippen molar-refractivity contribution in [3.05, 3.63) is 41.2 Å². The molecule has 0 radical (unpaired) electrons. The molecule has 9 nitrogen and oxygen atoms in total. The van der Waals surface area contributed by atoms with Crippen molar-refractivity contribution in [1.29, 1.82) is 0 Å². The van der Waals surface area contributed by atoms with E-state index in [-0.39, 0.29) is 6.03 Å². The highest BCUT2D eigenvalue weighted by Crippen LogP contribution is 2.38. The molecule has 0 unspecified atom stereocenters. The van der Waals surface area contributed by atoms with E-state index in [2.05, 4.69) is 25.5 Å². The number of rotatable bonds is 2. The molecule has 4 aromatic rings. The molecule has 0 aliphatic carbocycles. The van der Waals surface area contributed by atoms with Crippen LogP contribution < -0.4 is 5.32 Å². The van der Waals surface area contributed by atoms with Gasteiger partial charge in [-0.3, -0.25) is 5.10 Å². The molecule has 2 amide bonds. The summed E-state index contributed by atoms with van der Waals surface area (Å²) in [7, 11) is 0. The molecule has 0 bridgehead atoms. The van der Waals surface area contributed by atoms with Gasteiger partial charge in [0, 0.05) is 35.6 Å². The summed E-state index contributed by atoms with van der Waals surface area (Å²) in [6, 6.07) is 6.16. The van der Waals surface area contributed by atoms with Gasteiger partial charge in [0.15, 0.2) is 0 Å². The zero-order valence-corrected chi connectivity index (χ0v) is 17.6. The van der Waals surface area contributed by atoms with Crippen LogP contribution >= 0.6 is 11.3 Å². The maximum Gasteiger partial charge on any atom is 0.320 e. The lowest BCUT2D eigenvalue weighted by atomic mass is 10.0. The van der Waals surface area contributed by atoms with Crippen LogP contribution in [-0.2, 0) is 17.7 Å². The van der Waals surface area contributed by atoms with Crippen LogP contribution in [0.15, 0.2) is 30.7 Å². The van der Waals surface area contributed by atoms with Gasteiger partial charge in [-0.15, -0.1) is 11.3 Å². The topological polar surface area (TPSA) is 99.3 Å². The molecule has 158 valence electrons. The van der Waals surface area contributed by atoms with E-state index >= 15 is 0 Å². The second-order valence-corrected chi connectivity index (χ2v) is 8.84. The van der Waals surface area contributed by atoms with E-state index in [1.165, 1.54) is 10.4 Å². The standard InChI is InChI=1S/C21H21N7O2S/c29-21(27-5-7-30-8-6-27)28-4-3-15-17(11-28)31-20-18(15)19(22-12-23-20)25-14-1-2-16-13(9-14)10-24-26-16/h1-2,9-10,12H,3-8,11H2,(H,24,26)(H,22,23,25). The number of ether oxygens (including phenoxy) is 1. The van der Waals surface area contributed by atoms with E-state index in [1.807, 2.05) is 34.2 Å². The Labute approximate surface area is 182 Å². The summed E-state index contributed by atoms with van der Waals surface area (Å²) in [6.45, 7) is 3.87. The van der Waals surface area contributed by atoms with Crippen molar-refractivity contribution in [3.63, 3.8) is 0 Å². The van der Waals surface area contributed by atoms with Gasteiger partial charge in [0.2, 0.25) is 0 Å². The van der Waals surface area contributed by atoms with E-state index in [4.69, 9.17) is 4.74 Å². The highest BCUT2D eigenvalue weighted by atomic mass is 32.1. The van der Waals surface area contributed by atoms with E-state index in [9.17, 15) is 4.79 Å². The second-order valence-electron chi connectivity index (χ2n) is 7.76. The average Bonchev–Trinajstić information content (AvgIpc) is 3.43. The fraction of sp³-hybridized carbons (Fsp3) is 0.333. The third kappa shape index (κ3) is 3.28. The van der Waals surface area contributed by atoms with Crippen molar-refractivity contribution in [2.75, 3.05) is 38.2 Å². The first-order valence-corrected chi connectivity index (χ1v) is 11.1. The smallest absolute Gasteiger partial charge is 0.320 e. The molecular formula is C21H21N7O2S. The molecule has 2 aliphatic rings. The number of benzene rings is 1. The Morgan fingerprint density at radius 1 is 1.16 bits per heavy atom. The number of H-pyrrole nitrogens is 1. The van der Waals surface area contributed by atoms with Crippen LogP contribution in [0.5, 0.6) is 0 Å². The van der Waals surface area contributed by atoms with Crippen molar-refractivity contribution in [2.24, 2.45) is 0 Å². The van der Waals surface area contributed by atoms with Crippen LogP contribution in [0.1, 0.15) is 10.4 Å². The van der Waals surface area contributed by atoms with Crippen LogP contribution in [0, 0.1) is 0 Å². The Hall–Kier alpha value is -3.24. The molecule has 5 heterocycles. The van der Waals surface area contributed by atoms with E-state index < -0.39 is 0 Å². The third-order valence-electron chi connectivity index (χ3n) is 5.89. The summed E-state index contributed by atoms with van der Waals surface area (Å²) in [6.07, 6.45) is 4.20. The van der Waals surface area contributed by atoms with Gasteiger partial charge in [0.25, 0.3) is 0 Å². The Bertz CT molecular complexity index is 1280. The molecule has 1 saturated heterocycles. The fourth-order valence-corrected chi connectivity index (χ4v) is 5.50. The van der Waals surface area contributed by atoms with Crippen LogP contribution in [0.3, 0.4) is 0 Å². The molecule has 2 aliphatic heterocycles. The number of aromatic amines is 1. The molecule has 31 heavy (non-hydrogen) atoms. The average molecular weight is 436 g/mol. The highest BCUT2D eigenvalue weighted by molar-refractivity contribution is 7.19. The quantitative estimate of drug-likeness (QED) is 0.502. The van der Waals surface area contributed by atoms with Gasteiger partial charge in [-0.05, 0) is 30.2 Å². The predicted molar refractivity (Wildman–Crippen MR) is 119 cm³/mol. The summed E-state index contributed by atoms with van der Waals surface area (Å²) in [5.74, 6) is 0.804. The first kappa shape index (κ1) is 18.5. The molecule has 0 saturated carbocycles. The molecule has 1 aromatic carbocycles. The highest BCUT2D eigenvalue weighted by Gasteiger charge is 2.29. The van der Waals surface area contributed by atoms with Gasteiger partial charge in [0.05, 0.1) is 36.9 Å². The van der Waals surface area contributed by atoms with E-state index in [0.29, 0.717) is 39.4 Å². The summed E-state index contributed by atoms with van der Waals surface area (Å²) in [5, 5.41) is 12.6. The lowest BCUT2D eigenvalue weighted by molar-refractivity contribution is 0.0423. The van der Waals surface area contributed by atoms with Gasteiger partial charge in [-0.25, -0.2) is 14.8 Å². The minimum absolute atomic E-state index is 0.101. The van der Waals surface area contributed by atoms with Crippen LogP contribution in [0.4, 0.5) is 16.3 Å². The van der Waals surface area contributed by atoms with Crippen molar-refractivity contribution in [2.45, 2.75) is 13.0 Å². The molecule has 3 aromatic heterocycles. The normalized spacial score (nSPS) is 16.6. The molecule has 6 rings (SSSR count). The van der Waals surface area contributed by atoms with Crippen LogP contribution in [0.25, 0.3) is 21.1 Å². The number of carbonyl (C=O) groups is 1. The van der Waals surface area contributed by atoms with Crippen LogP contribution in [-0.4, -0.2) is 68.8 Å². The van der Waals surface area contributed by atoms with Crippen molar-refractivity contribution >= 4 is 50.0 Å².